The van der Waals surface area contributed by atoms with E-state index in [4.69, 9.17) is 23.7 Å². The Morgan fingerprint density at radius 3 is 2.21 bits per heavy atom. The second-order valence-corrected chi connectivity index (χ2v) is 3.94. The first-order valence-electron chi connectivity index (χ1n) is 4.72. The van der Waals surface area contributed by atoms with Crippen molar-refractivity contribution in [1.82, 2.24) is 4.90 Å². The number of carbonyl (C=O) groups excluding carboxylic acids is 1. The molecule has 0 saturated carbocycles. The second-order valence-electron chi connectivity index (χ2n) is 3.47. The summed E-state index contributed by atoms with van der Waals surface area (Å²) < 4.78 is 0. The average Bonchev–Trinajstić information content (AvgIpc) is 2.12. The number of amides is 1. The van der Waals surface area contributed by atoms with E-state index in [1.807, 2.05) is 18.7 Å². The summed E-state index contributed by atoms with van der Waals surface area (Å²) in [6, 6.07) is -0.267. The molecule has 0 aliphatic heterocycles. The summed E-state index contributed by atoms with van der Waals surface area (Å²) in [5.74, 6) is -0.214. The number of rotatable bonds is 6. The van der Waals surface area contributed by atoms with Gasteiger partial charge in [0.2, 0.25) is 5.91 Å². The standard InChI is InChI=1S/C9H19N3OS/c1-4-12(7(3)8(10)13)5-6(2)9(11)14/h6-7H,4-5H2,1-3H3,(H2,10,13)(H2,11,14). The van der Waals surface area contributed by atoms with E-state index in [1.165, 1.54) is 0 Å². The fraction of sp³-hybridized carbons (Fsp3) is 0.778. The van der Waals surface area contributed by atoms with Gasteiger partial charge in [-0.3, -0.25) is 9.69 Å². The molecule has 0 bridgehead atoms. The van der Waals surface area contributed by atoms with Crippen LogP contribution in [0.2, 0.25) is 0 Å². The molecular formula is C9H19N3OS. The topological polar surface area (TPSA) is 72.3 Å². The Hall–Kier alpha value is -0.680. The minimum Gasteiger partial charge on any atom is -0.393 e. The van der Waals surface area contributed by atoms with E-state index in [-0.39, 0.29) is 17.9 Å². The lowest BCUT2D eigenvalue weighted by Gasteiger charge is -2.27. The van der Waals surface area contributed by atoms with Crippen LogP contribution in [0.25, 0.3) is 0 Å². The molecular weight excluding hydrogens is 198 g/mol. The molecule has 0 aromatic rings. The van der Waals surface area contributed by atoms with E-state index in [0.717, 1.165) is 6.54 Å². The third-order valence-electron chi connectivity index (χ3n) is 2.36. The number of hydrogen-bond donors (Lipinski definition) is 2. The van der Waals surface area contributed by atoms with Crippen molar-refractivity contribution >= 4 is 23.1 Å². The van der Waals surface area contributed by atoms with Crippen molar-refractivity contribution in [3.8, 4) is 0 Å². The zero-order chi connectivity index (χ0) is 11.3. The van der Waals surface area contributed by atoms with Gasteiger partial charge in [0.1, 0.15) is 0 Å². The van der Waals surface area contributed by atoms with Crippen LogP contribution < -0.4 is 11.5 Å². The van der Waals surface area contributed by atoms with Gasteiger partial charge in [0.25, 0.3) is 0 Å². The van der Waals surface area contributed by atoms with Crippen molar-refractivity contribution in [2.24, 2.45) is 17.4 Å². The highest BCUT2D eigenvalue weighted by Crippen LogP contribution is 2.04. The van der Waals surface area contributed by atoms with Crippen LogP contribution in [0.4, 0.5) is 0 Å². The molecule has 0 saturated heterocycles. The molecule has 0 heterocycles. The van der Waals surface area contributed by atoms with Gasteiger partial charge < -0.3 is 11.5 Å². The lowest BCUT2D eigenvalue weighted by Crippen LogP contribution is -2.45. The monoisotopic (exact) mass is 217 g/mol. The molecule has 0 aliphatic rings. The Balaban J connectivity index is 4.28. The SMILES string of the molecule is CCN(CC(C)C(N)=S)C(C)C(N)=O. The summed E-state index contributed by atoms with van der Waals surface area (Å²) in [6.07, 6.45) is 0. The van der Waals surface area contributed by atoms with Gasteiger partial charge >= 0.3 is 0 Å². The van der Waals surface area contributed by atoms with Gasteiger partial charge in [0.05, 0.1) is 11.0 Å². The van der Waals surface area contributed by atoms with Crippen molar-refractivity contribution < 1.29 is 4.79 Å². The molecule has 0 aromatic heterocycles. The van der Waals surface area contributed by atoms with Crippen LogP contribution in [0.1, 0.15) is 20.8 Å². The summed E-state index contributed by atoms with van der Waals surface area (Å²) >= 11 is 4.87. The Labute approximate surface area is 90.6 Å². The molecule has 1 amide bonds. The first kappa shape index (κ1) is 13.3. The number of nitrogens with zero attached hydrogens (tertiary/aromatic N) is 1. The molecule has 82 valence electrons. The summed E-state index contributed by atoms with van der Waals surface area (Å²) in [6.45, 7) is 7.15. The van der Waals surface area contributed by atoms with E-state index < -0.39 is 0 Å². The van der Waals surface area contributed by atoms with Gasteiger partial charge in [-0.15, -0.1) is 0 Å². The van der Waals surface area contributed by atoms with Gasteiger partial charge in [0.15, 0.2) is 0 Å². The summed E-state index contributed by atoms with van der Waals surface area (Å²) in [5, 5.41) is 0. The number of likely N-dealkylation sites (N-methyl/N-ethyl adjacent to an activating group) is 1. The van der Waals surface area contributed by atoms with E-state index in [0.29, 0.717) is 11.5 Å². The Kier molecular flexibility index (Phi) is 5.64. The highest BCUT2D eigenvalue weighted by molar-refractivity contribution is 7.80. The molecule has 2 unspecified atom stereocenters. The summed E-state index contributed by atoms with van der Waals surface area (Å²) in [4.78, 5) is 13.4. The van der Waals surface area contributed by atoms with Crippen LogP contribution in [-0.2, 0) is 4.79 Å². The van der Waals surface area contributed by atoms with Gasteiger partial charge in [-0.2, -0.15) is 0 Å². The predicted octanol–water partition coefficient (Wildman–Crippen LogP) is 0.104. The van der Waals surface area contributed by atoms with E-state index in [2.05, 4.69) is 0 Å². The molecule has 4 N–H and O–H groups in total. The molecule has 14 heavy (non-hydrogen) atoms. The molecule has 2 atom stereocenters. The van der Waals surface area contributed by atoms with Crippen molar-refractivity contribution in [2.45, 2.75) is 26.8 Å². The number of thiocarbonyl (C=S) groups is 1. The zero-order valence-electron chi connectivity index (χ0n) is 8.99. The van der Waals surface area contributed by atoms with Crippen molar-refractivity contribution in [1.29, 1.82) is 0 Å². The lowest BCUT2D eigenvalue weighted by atomic mass is 10.1. The maximum atomic E-state index is 11.0. The number of hydrogen-bond acceptors (Lipinski definition) is 3. The molecule has 5 heteroatoms. The quantitative estimate of drug-likeness (QED) is 0.619. The molecule has 0 fully saturated rings. The first-order chi connectivity index (χ1) is 6.40. The molecule has 0 aliphatic carbocycles. The Morgan fingerprint density at radius 2 is 1.93 bits per heavy atom. The van der Waals surface area contributed by atoms with Crippen LogP contribution in [0.5, 0.6) is 0 Å². The van der Waals surface area contributed by atoms with Crippen molar-refractivity contribution in [3.05, 3.63) is 0 Å². The molecule has 0 radical (unpaired) electrons. The van der Waals surface area contributed by atoms with Crippen LogP contribution >= 0.6 is 12.2 Å². The zero-order valence-corrected chi connectivity index (χ0v) is 9.80. The van der Waals surface area contributed by atoms with Crippen molar-refractivity contribution in [2.75, 3.05) is 13.1 Å². The smallest absolute Gasteiger partial charge is 0.234 e. The summed E-state index contributed by atoms with van der Waals surface area (Å²) in [5.41, 5.74) is 10.7. The fourth-order valence-corrected chi connectivity index (χ4v) is 1.26. The number of primary amides is 1. The van der Waals surface area contributed by atoms with E-state index in [9.17, 15) is 4.79 Å². The first-order valence-corrected chi connectivity index (χ1v) is 5.13. The maximum Gasteiger partial charge on any atom is 0.234 e. The van der Waals surface area contributed by atoms with Crippen LogP contribution in [-0.4, -0.2) is 34.9 Å². The molecule has 0 rings (SSSR count). The molecule has 0 aromatic carbocycles. The highest BCUT2D eigenvalue weighted by Gasteiger charge is 2.19. The second kappa shape index (κ2) is 5.93. The van der Waals surface area contributed by atoms with Crippen molar-refractivity contribution in [3.63, 3.8) is 0 Å². The molecule has 0 spiro atoms. The third-order valence-corrected chi connectivity index (χ3v) is 2.76. The lowest BCUT2D eigenvalue weighted by molar-refractivity contribution is -0.122. The highest BCUT2D eigenvalue weighted by atomic mass is 32.1. The van der Waals surface area contributed by atoms with Gasteiger partial charge in [-0.25, -0.2) is 0 Å². The number of carbonyl (C=O) groups is 1. The normalized spacial score (nSPS) is 15.1. The Bertz CT molecular complexity index is 220. The van der Waals surface area contributed by atoms with Crippen LogP contribution in [0.3, 0.4) is 0 Å². The van der Waals surface area contributed by atoms with Gasteiger partial charge in [-0.1, -0.05) is 26.1 Å². The predicted molar refractivity (Wildman–Crippen MR) is 61.9 cm³/mol. The van der Waals surface area contributed by atoms with Crippen LogP contribution in [0.15, 0.2) is 0 Å². The third kappa shape index (κ3) is 4.02. The number of nitrogens with two attached hydrogens (primary N) is 2. The molecule has 4 nitrogen and oxygen atoms in total. The Morgan fingerprint density at radius 1 is 1.43 bits per heavy atom. The summed E-state index contributed by atoms with van der Waals surface area (Å²) in [7, 11) is 0. The minimum absolute atomic E-state index is 0.103. The van der Waals surface area contributed by atoms with Gasteiger partial charge in [0, 0.05) is 12.5 Å². The van der Waals surface area contributed by atoms with Crippen LogP contribution in [0, 0.1) is 5.92 Å². The average molecular weight is 217 g/mol. The minimum atomic E-state index is -0.318. The van der Waals surface area contributed by atoms with E-state index in [1.54, 1.807) is 6.92 Å². The maximum absolute atomic E-state index is 11.0. The largest absolute Gasteiger partial charge is 0.393 e. The van der Waals surface area contributed by atoms with E-state index >= 15 is 0 Å². The van der Waals surface area contributed by atoms with Gasteiger partial charge in [-0.05, 0) is 13.5 Å². The fourth-order valence-electron chi connectivity index (χ4n) is 1.18.